The highest BCUT2D eigenvalue weighted by Crippen LogP contribution is 2.38. The zero-order valence-corrected chi connectivity index (χ0v) is 15.8. The summed E-state index contributed by atoms with van der Waals surface area (Å²) in [5, 5.41) is 3.18. The van der Waals surface area contributed by atoms with Crippen LogP contribution in [0.2, 0.25) is 0 Å². The van der Waals surface area contributed by atoms with Crippen LogP contribution in [0.5, 0.6) is 0 Å². The van der Waals surface area contributed by atoms with Gasteiger partial charge in [-0.05, 0) is 41.3 Å². The topological polar surface area (TPSA) is 37.4 Å². The Morgan fingerprint density at radius 2 is 1.46 bits per heavy atom. The Labute approximate surface area is 157 Å². The molecule has 1 aromatic heterocycles. The summed E-state index contributed by atoms with van der Waals surface area (Å²) in [5.41, 5.74) is 3.52. The van der Waals surface area contributed by atoms with E-state index in [1.165, 1.54) is 10.6 Å². The van der Waals surface area contributed by atoms with Crippen LogP contribution in [-0.2, 0) is 10.0 Å². The Morgan fingerprint density at radius 1 is 0.808 bits per heavy atom. The van der Waals surface area contributed by atoms with Gasteiger partial charge in [0.1, 0.15) is 0 Å². The maximum atomic E-state index is 12.5. The van der Waals surface area contributed by atoms with Crippen molar-refractivity contribution in [2.75, 3.05) is 10.6 Å². The molecule has 0 atom stereocenters. The van der Waals surface area contributed by atoms with E-state index in [4.69, 9.17) is 0 Å². The van der Waals surface area contributed by atoms with Crippen LogP contribution >= 0.6 is 11.3 Å². The third-order valence-electron chi connectivity index (χ3n) is 4.20. The Balaban J connectivity index is 1.91. The van der Waals surface area contributed by atoms with E-state index in [-0.39, 0.29) is 0 Å². The molecule has 4 rings (SSSR count). The van der Waals surface area contributed by atoms with Crippen molar-refractivity contribution < 1.29 is 8.42 Å². The molecule has 0 fully saturated rings. The number of nitrogens with zero attached hydrogens (tertiary/aromatic N) is 1. The minimum Gasteiger partial charge on any atom is -0.239 e. The Morgan fingerprint density at radius 3 is 2.12 bits per heavy atom. The summed E-state index contributed by atoms with van der Waals surface area (Å²) in [6.07, 6.45) is 1.23. The van der Waals surface area contributed by atoms with Crippen molar-refractivity contribution in [2.24, 2.45) is 0 Å². The Hall–Kier alpha value is -2.63. The van der Waals surface area contributed by atoms with Gasteiger partial charge in [-0.1, -0.05) is 48.5 Å². The second kappa shape index (κ2) is 6.59. The molecule has 0 aliphatic carbocycles. The Bertz CT molecular complexity index is 1150. The monoisotopic (exact) mass is 379 g/mol. The molecule has 1 heterocycles. The number of hydrogen-bond donors (Lipinski definition) is 0. The highest BCUT2D eigenvalue weighted by molar-refractivity contribution is 7.92. The number of para-hydroxylation sites is 1. The second-order valence-electron chi connectivity index (χ2n) is 6.06. The first kappa shape index (κ1) is 16.8. The van der Waals surface area contributed by atoms with E-state index in [0.717, 1.165) is 21.2 Å². The lowest BCUT2D eigenvalue weighted by molar-refractivity contribution is 0.602. The van der Waals surface area contributed by atoms with Crippen molar-refractivity contribution in [3.63, 3.8) is 0 Å². The molecule has 3 nitrogen and oxygen atoms in total. The maximum absolute atomic E-state index is 12.5. The largest absolute Gasteiger partial charge is 0.239 e. The van der Waals surface area contributed by atoms with Crippen LogP contribution in [0.4, 0.5) is 11.4 Å². The Kier molecular flexibility index (Phi) is 4.26. The predicted molar refractivity (Wildman–Crippen MR) is 111 cm³/mol. The molecular formula is C21H17NO2S2. The molecule has 5 heteroatoms. The fourth-order valence-corrected chi connectivity index (χ4v) is 5.03. The van der Waals surface area contributed by atoms with Crippen LogP contribution in [0.1, 0.15) is 0 Å². The lowest BCUT2D eigenvalue weighted by Gasteiger charge is -2.22. The first-order valence-corrected chi connectivity index (χ1v) is 10.9. The van der Waals surface area contributed by atoms with Gasteiger partial charge in [0.25, 0.3) is 0 Å². The number of hydrogen-bond acceptors (Lipinski definition) is 3. The standard InChI is InChI=1S/C21H17NO2S2/c1-26(23,24)22(17-10-6-3-7-11-17)18-12-13-21-19(14-18)20(15-25-21)16-8-4-2-5-9-16/h2-15H,1H3. The van der Waals surface area contributed by atoms with E-state index in [1.54, 1.807) is 23.5 Å². The zero-order valence-electron chi connectivity index (χ0n) is 14.2. The molecule has 0 bridgehead atoms. The van der Waals surface area contributed by atoms with Crippen molar-refractivity contribution in [3.8, 4) is 11.1 Å². The molecule has 4 aromatic rings. The number of thiophene rings is 1. The average molecular weight is 380 g/mol. The highest BCUT2D eigenvalue weighted by Gasteiger charge is 2.20. The molecule has 0 aliphatic heterocycles. The number of benzene rings is 3. The number of fused-ring (bicyclic) bond motifs is 1. The van der Waals surface area contributed by atoms with Crippen LogP contribution in [-0.4, -0.2) is 14.7 Å². The van der Waals surface area contributed by atoms with Crippen LogP contribution < -0.4 is 4.31 Å². The van der Waals surface area contributed by atoms with E-state index >= 15 is 0 Å². The molecule has 0 amide bonds. The van der Waals surface area contributed by atoms with Gasteiger partial charge in [0.15, 0.2) is 0 Å². The van der Waals surface area contributed by atoms with E-state index in [9.17, 15) is 8.42 Å². The summed E-state index contributed by atoms with van der Waals surface area (Å²) in [4.78, 5) is 0. The minimum absolute atomic E-state index is 0.630. The van der Waals surface area contributed by atoms with Gasteiger partial charge in [0.2, 0.25) is 10.0 Å². The predicted octanol–water partition coefficient (Wildman–Crippen LogP) is 5.67. The number of sulfonamides is 1. The van der Waals surface area contributed by atoms with Gasteiger partial charge in [-0.2, -0.15) is 0 Å². The first-order valence-electron chi connectivity index (χ1n) is 8.16. The third-order valence-corrected chi connectivity index (χ3v) is 6.25. The van der Waals surface area contributed by atoms with Gasteiger partial charge in [-0.25, -0.2) is 12.7 Å². The van der Waals surface area contributed by atoms with Gasteiger partial charge in [-0.15, -0.1) is 11.3 Å². The molecule has 3 aromatic carbocycles. The first-order chi connectivity index (χ1) is 12.5. The quantitative estimate of drug-likeness (QED) is 0.458. The molecule has 0 N–H and O–H groups in total. The smallest absolute Gasteiger partial charge is 0.236 e. The molecule has 0 saturated heterocycles. The molecule has 0 aliphatic rings. The van der Waals surface area contributed by atoms with Gasteiger partial charge in [0, 0.05) is 15.6 Å². The fraction of sp³-hybridized carbons (Fsp3) is 0.0476. The van der Waals surface area contributed by atoms with E-state index in [1.807, 2.05) is 54.6 Å². The summed E-state index contributed by atoms with van der Waals surface area (Å²) >= 11 is 1.66. The normalized spacial score (nSPS) is 11.6. The van der Waals surface area contributed by atoms with Gasteiger partial charge < -0.3 is 0 Å². The molecule has 0 saturated carbocycles. The van der Waals surface area contributed by atoms with E-state index in [2.05, 4.69) is 17.5 Å². The van der Waals surface area contributed by atoms with Gasteiger partial charge in [-0.3, -0.25) is 0 Å². The lowest BCUT2D eigenvalue weighted by Crippen LogP contribution is -2.24. The maximum Gasteiger partial charge on any atom is 0.236 e. The van der Waals surface area contributed by atoms with Crippen molar-refractivity contribution in [2.45, 2.75) is 0 Å². The molecule has 0 spiro atoms. The second-order valence-corrected chi connectivity index (χ2v) is 8.80. The molecule has 26 heavy (non-hydrogen) atoms. The van der Waals surface area contributed by atoms with Gasteiger partial charge in [0.05, 0.1) is 17.6 Å². The van der Waals surface area contributed by atoms with Gasteiger partial charge >= 0.3 is 0 Å². The lowest BCUT2D eigenvalue weighted by atomic mass is 10.0. The summed E-state index contributed by atoms with van der Waals surface area (Å²) in [5.74, 6) is 0. The third kappa shape index (κ3) is 3.11. The van der Waals surface area contributed by atoms with E-state index in [0.29, 0.717) is 11.4 Å². The van der Waals surface area contributed by atoms with Crippen molar-refractivity contribution in [1.82, 2.24) is 0 Å². The van der Waals surface area contributed by atoms with Crippen molar-refractivity contribution in [3.05, 3.63) is 84.2 Å². The zero-order chi connectivity index (χ0) is 18.1. The van der Waals surface area contributed by atoms with Crippen LogP contribution in [0.15, 0.2) is 84.2 Å². The molecule has 130 valence electrons. The summed E-state index contributed by atoms with van der Waals surface area (Å²) in [7, 11) is -3.46. The number of rotatable bonds is 4. The SMILES string of the molecule is CS(=O)(=O)N(c1ccccc1)c1ccc2scc(-c3ccccc3)c2c1. The highest BCUT2D eigenvalue weighted by atomic mass is 32.2. The summed E-state index contributed by atoms with van der Waals surface area (Å²) < 4.78 is 27.5. The average Bonchev–Trinajstić information content (AvgIpc) is 3.06. The molecular weight excluding hydrogens is 362 g/mol. The fourth-order valence-electron chi connectivity index (χ4n) is 3.08. The van der Waals surface area contributed by atoms with E-state index < -0.39 is 10.0 Å². The molecule has 0 unspecified atom stereocenters. The van der Waals surface area contributed by atoms with Crippen LogP contribution in [0, 0.1) is 0 Å². The summed E-state index contributed by atoms with van der Waals surface area (Å²) in [6, 6.07) is 25.1. The van der Waals surface area contributed by atoms with Crippen LogP contribution in [0.3, 0.4) is 0 Å². The minimum atomic E-state index is -3.46. The summed E-state index contributed by atoms with van der Waals surface area (Å²) in [6.45, 7) is 0. The van der Waals surface area contributed by atoms with Crippen molar-refractivity contribution >= 4 is 42.8 Å². The molecule has 0 radical (unpaired) electrons. The number of anilines is 2. The van der Waals surface area contributed by atoms with Crippen LogP contribution in [0.25, 0.3) is 21.2 Å². The van der Waals surface area contributed by atoms with Crippen molar-refractivity contribution in [1.29, 1.82) is 0 Å².